The van der Waals surface area contributed by atoms with Crippen molar-refractivity contribution in [2.45, 2.75) is 19.8 Å². The van der Waals surface area contributed by atoms with E-state index < -0.39 is 19.9 Å². The molecule has 0 fully saturated rings. The predicted octanol–water partition coefficient (Wildman–Crippen LogP) is -0.249. The maximum atomic E-state index is 11.2. The van der Waals surface area contributed by atoms with Crippen molar-refractivity contribution in [3.8, 4) is 0 Å². The summed E-state index contributed by atoms with van der Waals surface area (Å²) < 4.78 is 46.0. The molecule has 0 aliphatic heterocycles. The Labute approximate surface area is 85.9 Å². The predicted molar refractivity (Wildman–Crippen MR) is 56.4 cm³/mol. The van der Waals surface area contributed by atoms with Crippen LogP contribution in [0.4, 0.5) is 0 Å². The first-order valence-corrected chi connectivity index (χ1v) is 8.13. The molecule has 5 nitrogen and oxygen atoms in total. The summed E-state index contributed by atoms with van der Waals surface area (Å²) in [6, 6.07) is 0. The number of nitrogens with one attached hydrogen (secondary N) is 1. The summed E-state index contributed by atoms with van der Waals surface area (Å²) in [5, 5.41) is 0. The van der Waals surface area contributed by atoms with Crippen molar-refractivity contribution in [3.05, 3.63) is 0 Å². The van der Waals surface area contributed by atoms with Crippen LogP contribution in [0.3, 0.4) is 0 Å². The van der Waals surface area contributed by atoms with E-state index in [1.807, 2.05) is 6.92 Å². The second-order valence-electron chi connectivity index (χ2n) is 3.20. The van der Waals surface area contributed by atoms with Gasteiger partial charge in [0.1, 0.15) is 9.84 Å². The highest BCUT2D eigenvalue weighted by Gasteiger charge is 2.10. The Kier molecular flexibility index (Phi) is 5.61. The molecule has 0 rings (SSSR count). The zero-order valence-corrected chi connectivity index (χ0v) is 10.1. The van der Waals surface area contributed by atoms with Gasteiger partial charge in [-0.3, -0.25) is 0 Å². The van der Waals surface area contributed by atoms with Gasteiger partial charge in [0.2, 0.25) is 10.0 Å². The molecule has 0 amide bonds. The molecule has 0 unspecified atom stereocenters. The fourth-order valence-corrected chi connectivity index (χ4v) is 2.62. The van der Waals surface area contributed by atoms with Crippen LogP contribution in [0.25, 0.3) is 0 Å². The lowest BCUT2D eigenvalue weighted by Gasteiger charge is -2.04. The number of hydrogen-bond donors (Lipinski definition) is 1. The van der Waals surface area contributed by atoms with Gasteiger partial charge in [-0.05, 0) is 6.42 Å². The topological polar surface area (TPSA) is 80.3 Å². The zero-order valence-electron chi connectivity index (χ0n) is 8.49. The summed E-state index contributed by atoms with van der Waals surface area (Å²) in [5.74, 6) is -0.0916. The molecule has 0 aromatic carbocycles. The second kappa shape index (κ2) is 5.67. The van der Waals surface area contributed by atoms with Gasteiger partial charge in [-0.25, -0.2) is 21.6 Å². The van der Waals surface area contributed by atoms with Crippen molar-refractivity contribution in [2.75, 3.05) is 24.3 Å². The van der Waals surface area contributed by atoms with Crippen molar-refractivity contribution in [1.29, 1.82) is 0 Å². The quantitative estimate of drug-likeness (QED) is 0.668. The van der Waals surface area contributed by atoms with E-state index in [4.69, 9.17) is 0 Å². The Bertz CT molecular complexity index is 344. The van der Waals surface area contributed by atoms with E-state index in [9.17, 15) is 16.8 Å². The van der Waals surface area contributed by atoms with Crippen molar-refractivity contribution in [2.24, 2.45) is 0 Å². The Morgan fingerprint density at radius 2 is 1.64 bits per heavy atom. The molecular weight excluding hydrogens is 226 g/mol. The molecule has 0 aromatic rings. The molecule has 0 heterocycles. The van der Waals surface area contributed by atoms with Crippen LogP contribution in [0.15, 0.2) is 0 Å². The average molecular weight is 243 g/mol. The standard InChI is InChI=1S/C7H17NO4S2/c1-3-4-6-14(11,12)8-5-7-13(2,9)10/h8H,3-7H2,1-2H3. The van der Waals surface area contributed by atoms with E-state index in [1.54, 1.807) is 0 Å². The highest BCUT2D eigenvalue weighted by molar-refractivity contribution is 7.91. The summed E-state index contributed by atoms with van der Waals surface area (Å²) in [6.07, 6.45) is 2.47. The normalized spacial score (nSPS) is 13.0. The van der Waals surface area contributed by atoms with Crippen LogP contribution >= 0.6 is 0 Å². The van der Waals surface area contributed by atoms with E-state index in [-0.39, 0.29) is 18.1 Å². The van der Waals surface area contributed by atoms with Crippen molar-refractivity contribution in [3.63, 3.8) is 0 Å². The lowest BCUT2D eigenvalue weighted by atomic mass is 10.4. The first-order valence-electron chi connectivity index (χ1n) is 4.42. The SMILES string of the molecule is CCCCS(=O)(=O)NCCS(C)(=O)=O. The van der Waals surface area contributed by atoms with Gasteiger partial charge in [-0.1, -0.05) is 13.3 Å². The summed E-state index contributed by atoms with van der Waals surface area (Å²) in [4.78, 5) is 0. The van der Waals surface area contributed by atoms with Crippen molar-refractivity contribution in [1.82, 2.24) is 4.72 Å². The zero-order chi connectivity index (χ0) is 11.2. The number of hydrogen-bond acceptors (Lipinski definition) is 4. The Balaban J connectivity index is 3.89. The van der Waals surface area contributed by atoms with Gasteiger partial charge in [-0.2, -0.15) is 0 Å². The minimum atomic E-state index is -3.28. The van der Waals surface area contributed by atoms with E-state index in [1.165, 1.54) is 0 Å². The molecule has 0 spiro atoms. The van der Waals surface area contributed by atoms with Crippen LogP contribution in [0.1, 0.15) is 19.8 Å². The van der Waals surface area contributed by atoms with Gasteiger partial charge < -0.3 is 0 Å². The first-order chi connectivity index (χ1) is 6.27. The number of unbranched alkanes of at least 4 members (excludes halogenated alkanes) is 1. The Hall–Kier alpha value is -0.140. The van der Waals surface area contributed by atoms with Crippen LogP contribution in [-0.4, -0.2) is 41.1 Å². The summed E-state index contributed by atoms with van der Waals surface area (Å²) in [5.41, 5.74) is 0. The van der Waals surface area contributed by atoms with Crippen molar-refractivity contribution < 1.29 is 16.8 Å². The highest BCUT2D eigenvalue weighted by atomic mass is 32.2. The van der Waals surface area contributed by atoms with Crippen LogP contribution in [0.2, 0.25) is 0 Å². The van der Waals surface area contributed by atoms with E-state index >= 15 is 0 Å². The van der Waals surface area contributed by atoms with Gasteiger partial charge in [0.25, 0.3) is 0 Å². The fraction of sp³-hybridized carbons (Fsp3) is 1.00. The van der Waals surface area contributed by atoms with Gasteiger partial charge in [0.15, 0.2) is 0 Å². The van der Waals surface area contributed by atoms with Crippen LogP contribution in [0.5, 0.6) is 0 Å². The average Bonchev–Trinajstić information content (AvgIpc) is 1.98. The Morgan fingerprint density at radius 1 is 1.07 bits per heavy atom. The van der Waals surface area contributed by atoms with Gasteiger partial charge >= 0.3 is 0 Å². The van der Waals surface area contributed by atoms with E-state index in [0.717, 1.165) is 12.7 Å². The largest absolute Gasteiger partial charge is 0.229 e. The third kappa shape index (κ3) is 8.46. The second-order valence-corrected chi connectivity index (χ2v) is 7.38. The molecule has 0 radical (unpaired) electrons. The molecule has 0 saturated carbocycles. The molecule has 1 N–H and O–H groups in total. The van der Waals surface area contributed by atoms with Gasteiger partial charge in [0.05, 0.1) is 11.5 Å². The molecule has 14 heavy (non-hydrogen) atoms. The Morgan fingerprint density at radius 3 is 2.07 bits per heavy atom. The number of rotatable bonds is 7. The third-order valence-corrected chi connectivity index (χ3v) is 3.98. The van der Waals surface area contributed by atoms with Crippen LogP contribution in [-0.2, 0) is 19.9 Å². The molecule has 7 heteroatoms. The molecule has 0 aromatic heterocycles. The summed E-state index contributed by atoms with van der Waals surface area (Å²) in [7, 11) is -6.37. The summed E-state index contributed by atoms with van der Waals surface area (Å²) >= 11 is 0. The van der Waals surface area contributed by atoms with Crippen LogP contribution < -0.4 is 4.72 Å². The first kappa shape index (κ1) is 13.9. The molecule has 86 valence electrons. The van der Waals surface area contributed by atoms with Gasteiger partial charge in [-0.15, -0.1) is 0 Å². The summed E-state index contributed by atoms with van der Waals surface area (Å²) in [6.45, 7) is 1.86. The number of sulfone groups is 1. The third-order valence-electron chi connectivity index (χ3n) is 1.56. The van der Waals surface area contributed by atoms with Crippen molar-refractivity contribution >= 4 is 19.9 Å². The molecular formula is C7H17NO4S2. The molecule has 0 aliphatic carbocycles. The number of sulfonamides is 1. The van der Waals surface area contributed by atoms with E-state index in [2.05, 4.69) is 4.72 Å². The lowest BCUT2D eigenvalue weighted by molar-refractivity contribution is 0.579. The highest BCUT2D eigenvalue weighted by Crippen LogP contribution is 1.93. The smallest absolute Gasteiger partial charge is 0.211 e. The molecule has 0 saturated heterocycles. The minimum absolute atomic E-state index is 0.0368. The molecule has 0 atom stereocenters. The fourth-order valence-electron chi connectivity index (χ4n) is 0.789. The molecule has 0 aliphatic rings. The van der Waals surface area contributed by atoms with Gasteiger partial charge in [0, 0.05) is 12.8 Å². The maximum Gasteiger partial charge on any atom is 0.211 e. The lowest BCUT2D eigenvalue weighted by Crippen LogP contribution is -2.30. The molecule has 0 bridgehead atoms. The van der Waals surface area contributed by atoms with E-state index in [0.29, 0.717) is 6.42 Å². The monoisotopic (exact) mass is 243 g/mol. The minimum Gasteiger partial charge on any atom is -0.229 e. The van der Waals surface area contributed by atoms with Crippen LogP contribution in [0, 0.1) is 0 Å². The maximum absolute atomic E-state index is 11.2.